The average molecular weight is 235 g/mol. The molecule has 0 radical (unpaired) electrons. The van der Waals surface area contributed by atoms with Crippen LogP contribution in [0.25, 0.3) is 0 Å². The molecule has 3 unspecified atom stereocenters. The lowest BCUT2D eigenvalue weighted by atomic mass is 10.0. The molecule has 3 heteroatoms. The van der Waals surface area contributed by atoms with Crippen LogP contribution in [-0.4, -0.2) is 17.8 Å². The molecule has 17 heavy (non-hydrogen) atoms. The maximum Gasteiger partial charge on any atom is 0.0958 e. The third-order valence-corrected chi connectivity index (χ3v) is 2.40. The van der Waals surface area contributed by atoms with Gasteiger partial charge in [-0.05, 0) is 12.0 Å². The van der Waals surface area contributed by atoms with Gasteiger partial charge in [-0.15, -0.1) is 0 Å². The monoisotopic (exact) mass is 235 g/mol. The van der Waals surface area contributed by atoms with Crippen LogP contribution in [0.5, 0.6) is 0 Å². The van der Waals surface area contributed by atoms with Crippen LogP contribution in [0, 0.1) is 11.3 Å². The Morgan fingerprint density at radius 3 is 2.71 bits per heavy atom. The second-order valence-electron chi connectivity index (χ2n) is 3.64. The standard InChI is InChI=1S/C14H20N2O/c1-2-3-9-13(10-15)16-14(11-17)12-7-5-4-6-8-12/h4-8,13-14,16-17H,2-3,9,11H2,1H3/t13-,14-/m0/s1/i2D,3D,9D/t2?,3?,9?,13-,14-. The van der Waals surface area contributed by atoms with Crippen LogP contribution >= 0.6 is 0 Å². The maximum absolute atomic E-state index is 9.44. The van der Waals surface area contributed by atoms with Gasteiger partial charge < -0.3 is 5.11 Å². The zero-order chi connectivity index (χ0) is 15.1. The van der Waals surface area contributed by atoms with E-state index in [1.807, 2.05) is 36.4 Å². The molecule has 2 N–H and O–H groups in total. The zero-order valence-corrected chi connectivity index (χ0v) is 9.88. The predicted molar refractivity (Wildman–Crippen MR) is 68.3 cm³/mol. The minimum atomic E-state index is -1.04. The number of aliphatic hydroxyl groups excluding tert-OH is 1. The minimum Gasteiger partial charge on any atom is -0.394 e. The summed E-state index contributed by atoms with van der Waals surface area (Å²) < 4.78 is 23.1. The molecule has 0 saturated heterocycles. The van der Waals surface area contributed by atoms with E-state index in [9.17, 15) is 5.11 Å². The summed E-state index contributed by atoms with van der Waals surface area (Å²) in [5.41, 5.74) is 0.822. The SMILES string of the molecule is [2H]C(C)C([2H])C([2H])[C@@H](C#N)N[C@@H](CO)c1ccccc1. The molecule has 92 valence electrons. The number of rotatable bonds is 7. The van der Waals surface area contributed by atoms with E-state index in [1.54, 1.807) is 0 Å². The van der Waals surface area contributed by atoms with E-state index < -0.39 is 31.3 Å². The van der Waals surface area contributed by atoms with Crippen LogP contribution < -0.4 is 5.32 Å². The molecule has 0 aliphatic carbocycles. The summed E-state index contributed by atoms with van der Waals surface area (Å²) >= 11 is 0. The van der Waals surface area contributed by atoms with Crippen molar-refractivity contribution < 1.29 is 9.22 Å². The summed E-state index contributed by atoms with van der Waals surface area (Å²) in [5.74, 6) is 0. The Kier molecular flexibility index (Phi) is 4.44. The second kappa shape index (κ2) is 7.83. The Bertz CT molecular complexity index is 436. The maximum atomic E-state index is 9.44. The number of nitriles is 1. The molecule has 5 atom stereocenters. The highest BCUT2D eigenvalue weighted by atomic mass is 16.3. The van der Waals surface area contributed by atoms with E-state index in [-0.39, 0.29) is 6.61 Å². The fourth-order valence-corrected chi connectivity index (χ4v) is 1.51. The smallest absolute Gasteiger partial charge is 0.0958 e. The van der Waals surface area contributed by atoms with E-state index in [0.29, 0.717) is 0 Å². The molecule has 0 fully saturated rings. The Morgan fingerprint density at radius 2 is 2.18 bits per heavy atom. The van der Waals surface area contributed by atoms with Crippen LogP contribution in [0.1, 0.15) is 41.8 Å². The average Bonchev–Trinajstić information content (AvgIpc) is 2.48. The van der Waals surface area contributed by atoms with Crippen molar-refractivity contribution >= 4 is 0 Å². The van der Waals surface area contributed by atoms with Crippen LogP contribution in [0.15, 0.2) is 30.3 Å². The first-order chi connectivity index (χ1) is 9.51. The highest BCUT2D eigenvalue weighted by Gasteiger charge is 2.15. The molecule has 3 nitrogen and oxygen atoms in total. The van der Waals surface area contributed by atoms with Gasteiger partial charge in [-0.1, -0.05) is 50.0 Å². The van der Waals surface area contributed by atoms with E-state index in [1.165, 1.54) is 6.92 Å². The normalized spacial score (nSPS) is 22.1. The highest BCUT2D eigenvalue weighted by molar-refractivity contribution is 5.19. The van der Waals surface area contributed by atoms with Gasteiger partial charge in [-0.3, -0.25) is 5.32 Å². The summed E-state index contributed by atoms with van der Waals surface area (Å²) in [6.45, 7) is 1.34. The largest absolute Gasteiger partial charge is 0.394 e. The number of nitrogens with one attached hydrogen (secondary N) is 1. The number of hydrogen-bond acceptors (Lipinski definition) is 3. The second-order valence-corrected chi connectivity index (χ2v) is 3.64. The third kappa shape index (κ3) is 4.56. The van der Waals surface area contributed by atoms with E-state index in [2.05, 4.69) is 5.32 Å². The molecule has 1 rings (SSSR count). The van der Waals surface area contributed by atoms with Gasteiger partial charge in [-0.25, -0.2) is 0 Å². The van der Waals surface area contributed by atoms with Gasteiger partial charge in [-0.2, -0.15) is 5.26 Å². The van der Waals surface area contributed by atoms with E-state index >= 15 is 0 Å². The Balaban J connectivity index is 2.79. The van der Waals surface area contributed by atoms with Crippen LogP contribution in [0.2, 0.25) is 0 Å². The van der Waals surface area contributed by atoms with Gasteiger partial charge in [0.1, 0.15) is 0 Å². The first-order valence-corrected chi connectivity index (χ1v) is 5.59. The van der Waals surface area contributed by atoms with Crippen molar-refractivity contribution in [3.05, 3.63) is 35.9 Å². The Labute approximate surface area is 107 Å². The summed E-state index contributed by atoms with van der Waals surface area (Å²) in [4.78, 5) is 0. The van der Waals surface area contributed by atoms with E-state index in [4.69, 9.17) is 9.37 Å². The molecule has 0 bridgehead atoms. The lowest BCUT2D eigenvalue weighted by Crippen LogP contribution is -2.33. The zero-order valence-electron chi connectivity index (χ0n) is 12.9. The molecule has 0 aromatic heterocycles. The Morgan fingerprint density at radius 1 is 1.47 bits per heavy atom. The van der Waals surface area contributed by atoms with Gasteiger partial charge in [0.05, 0.1) is 24.8 Å². The Hall–Kier alpha value is -1.37. The highest BCUT2D eigenvalue weighted by Crippen LogP contribution is 2.13. The minimum absolute atomic E-state index is 0.200. The summed E-state index contributed by atoms with van der Waals surface area (Å²) in [6.07, 6.45) is -2.74. The molecule has 0 amide bonds. The molecule has 0 heterocycles. The molecule has 1 aromatic carbocycles. The summed E-state index contributed by atoms with van der Waals surface area (Å²) in [5, 5.41) is 21.5. The fraction of sp³-hybridized carbons (Fsp3) is 0.500. The van der Waals surface area contributed by atoms with Gasteiger partial charge in [0, 0.05) is 4.11 Å². The molecule has 0 spiro atoms. The fourth-order valence-electron chi connectivity index (χ4n) is 1.51. The molecule has 0 aliphatic heterocycles. The summed E-state index contributed by atoms with van der Waals surface area (Å²) in [7, 11) is 0. The number of benzene rings is 1. The van der Waals surface area contributed by atoms with Crippen LogP contribution in [-0.2, 0) is 0 Å². The third-order valence-electron chi connectivity index (χ3n) is 2.40. The van der Waals surface area contributed by atoms with Gasteiger partial charge in [0.25, 0.3) is 0 Å². The molecular weight excluding hydrogens is 212 g/mol. The van der Waals surface area contributed by atoms with Crippen molar-refractivity contribution in [1.82, 2.24) is 5.32 Å². The molecule has 1 aromatic rings. The van der Waals surface area contributed by atoms with Crippen molar-refractivity contribution in [2.75, 3.05) is 6.61 Å². The summed E-state index contributed by atoms with van der Waals surface area (Å²) in [6, 6.07) is 9.77. The van der Waals surface area contributed by atoms with Crippen LogP contribution in [0.4, 0.5) is 0 Å². The number of hydrogen-bond donors (Lipinski definition) is 2. The first kappa shape index (κ1) is 9.64. The van der Waals surface area contributed by atoms with Crippen molar-refractivity contribution in [2.24, 2.45) is 0 Å². The van der Waals surface area contributed by atoms with Crippen molar-refractivity contribution in [3.8, 4) is 6.07 Å². The van der Waals surface area contributed by atoms with Crippen molar-refractivity contribution in [1.29, 1.82) is 5.26 Å². The van der Waals surface area contributed by atoms with E-state index in [0.717, 1.165) is 5.56 Å². The first-order valence-electron chi connectivity index (χ1n) is 7.32. The van der Waals surface area contributed by atoms with Gasteiger partial charge in [0.2, 0.25) is 0 Å². The van der Waals surface area contributed by atoms with Gasteiger partial charge >= 0.3 is 0 Å². The molecular formula is C14H20N2O. The van der Waals surface area contributed by atoms with Crippen molar-refractivity contribution in [2.45, 2.75) is 38.2 Å². The quantitative estimate of drug-likeness (QED) is 0.763. The lowest BCUT2D eigenvalue weighted by molar-refractivity contribution is 0.237. The van der Waals surface area contributed by atoms with Crippen molar-refractivity contribution in [3.63, 3.8) is 0 Å². The van der Waals surface area contributed by atoms with Crippen LogP contribution in [0.3, 0.4) is 0 Å². The number of aliphatic hydroxyl groups is 1. The molecule has 0 aliphatic rings. The predicted octanol–water partition coefficient (Wildman–Crippen LogP) is 2.39. The van der Waals surface area contributed by atoms with Gasteiger partial charge in [0.15, 0.2) is 0 Å². The number of nitrogens with zero attached hydrogens (tertiary/aromatic N) is 1. The topological polar surface area (TPSA) is 56.0 Å². The lowest BCUT2D eigenvalue weighted by Gasteiger charge is -2.20. The molecule has 0 saturated carbocycles.